The van der Waals surface area contributed by atoms with Crippen molar-refractivity contribution < 1.29 is 9.66 Å². The highest BCUT2D eigenvalue weighted by Crippen LogP contribution is 2.14. The Morgan fingerprint density at radius 1 is 0.944 bits per heavy atom. The molecule has 0 spiro atoms. The highest BCUT2D eigenvalue weighted by molar-refractivity contribution is 5.33. The lowest BCUT2D eigenvalue weighted by Crippen LogP contribution is -1.95. The lowest BCUT2D eigenvalue weighted by Gasteiger charge is -2.04. The van der Waals surface area contributed by atoms with Crippen LogP contribution in [0.15, 0.2) is 54.6 Å². The topological polar surface area (TPSA) is 52.4 Å². The third-order valence-electron chi connectivity index (χ3n) is 2.50. The van der Waals surface area contributed by atoms with Gasteiger partial charge in [-0.3, -0.25) is 10.1 Å². The molecule has 2 rings (SSSR count). The van der Waals surface area contributed by atoms with Crippen LogP contribution in [0.2, 0.25) is 0 Å². The van der Waals surface area contributed by atoms with Gasteiger partial charge in [0.15, 0.2) is 0 Å². The lowest BCUT2D eigenvalue weighted by molar-refractivity contribution is -0.384. The summed E-state index contributed by atoms with van der Waals surface area (Å²) in [4.78, 5) is 10.2. The number of hydrogen-bond acceptors (Lipinski definition) is 3. The third kappa shape index (κ3) is 3.40. The van der Waals surface area contributed by atoms with E-state index in [1.165, 1.54) is 12.1 Å². The maximum Gasteiger partial charge on any atom is 0.269 e. The number of nitrogens with zero attached hydrogens (tertiary/aromatic N) is 1. The number of rotatable bonds is 5. The first-order valence-corrected chi connectivity index (χ1v) is 5.61. The summed E-state index contributed by atoms with van der Waals surface area (Å²) < 4.78 is 5.52. The van der Waals surface area contributed by atoms with E-state index in [0.29, 0.717) is 13.2 Å². The zero-order valence-corrected chi connectivity index (χ0v) is 9.78. The van der Waals surface area contributed by atoms with Crippen molar-refractivity contribution in [1.82, 2.24) is 0 Å². The summed E-state index contributed by atoms with van der Waals surface area (Å²) >= 11 is 0. The first-order chi connectivity index (χ1) is 8.75. The quantitative estimate of drug-likeness (QED) is 0.598. The first-order valence-electron chi connectivity index (χ1n) is 5.61. The summed E-state index contributed by atoms with van der Waals surface area (Å²) in [6.45, 7) is 0.875. The lowest BCUT2D eigenvalue weighted by atomic mass is 10.2. The average Bonchev–Trinajstić information content (AvgIpc) is 2.40. The summed E-state index contributed by atoms with van der Waals surface area (Å²) in [5.74, 6) is 0. The van der Waals surface area contributed by atoms with Gasteiger partial charge in [0, 0.05) is 12.1 Å². The van der Waals surface area contributed by atoms with Gasteiger partial charge < -0.3 is 4.74 Å². The summed E-state index contributed by atoms with van der Waals surface area (Å²) in [5, 5.41) is 10.6. The van der Waals surface area contributed by atoms with E-state index in [2.05, 4.69) is 0 Å². The zero-order chi connectivity index (χ0) is 12.8. The van der Waals surface area contributed by atoms with E-state index in [1.807, 2.05) is 36.4 Å². The van der Waals surface area contributed by atoms with Crippen molar-refractivity contribution in [2.24, 2.45) is 0 Å². The molecule has 0 fully saturated rings. The van der Waals surface area contributed by atoms with Crippen molar-refractivity contribution in [1.29, 1.82) is 0 Å². The molecule has 18 heavy (non-hydrogen) atoms. The van der Waals surface area contributed by atoms with Gasteiger partial charge >= 0.3 is 0 Å². The fourth-order valence-corrected chi connectivity index (χ4v) is 1.62. The van der Waals surface area contributed by atoms with Crippen LogP contribution in [0.25, 0.3) is 0 Å². The number of nitro groups is 1. The molecule has 0 aliphatic heterocycles. The molecule has 4 heteroatoms. The third-order valence-corrected chi connectivity index (χ3v) is 2.50. The monoisotopic (exact) mass is 243 g/mol. The molecule has 92 valence electrons. The van der Waals surface area contributed by atoms with Crippen molar-refractivity contribution in [2.75, 3.05) is 0 Å². The highest BCUT2D eigenvalue weighted by Gasteiger charge is 2.05. The number of ether oxygens (including phenoxy) is 1. The van der Waals surface area contributed by atoms with E-state index in [4.69, 9.17) is 4.74 Å². The van der Waals surface area contributed by atoms with Gasteiger partial charge in [0.1, 0.15) is 0 Å². The van der Waals surface area contributed by atoms with E-state index >= 15 is 0 Å². The first kappa shape index (κ1) is 12.3. The van der Waals surface area contributed by atoms with Crippen LogP contribution in [0.3, 0.4) is 0 Å². The van der Waals surface area contributed by atoms with Crippen LogP contribution < -0.4 is 0 Å². The molecule has 0 aromatic heterocycles. The summed E-state index contributed by atoms with van der Waals surface area (Å²) in [7, 11) is 0. The average molecular weight is 243 g/mol. The van der Waals surface area contributed by atoms with Crippen molar-refractivity contribution in [3.05, 3.63) is 75.8 Å². The minimum atomic E-state index is -0.402. The summed E-state index contributed by atoms with van der Waals surface area (Å²) in [6.07, 6.45) is 0. The molecule has 0 amide bonds. The standard InChI is InChI=1S/C14H13NO3/c16-15(17)14-8-4-7-13(9-14)11-18-10-12-5-2-1-3-6-12/h1-9H,10-11H2. The van der Waals surface area contributed by atoms with E-state index in [-0.39, 0.29) is 5.69 Å². The molecule has 0 radical (unpaired) electrons. The minimum Gasteiger partial charge on any atom is -0.372 e. The van der Waals surface area contributed by atoms with E-state index in [9.17, 15) is 10.1 Å². The molecular formula is C14H13NO3. The van der Waals surface area contributed by atoms with Crippen LogP contribution in [0, 0.1) is 10.1 Å². The van der Waals surface area contributed by atoms with Gasteiger partial charge in [-0.1, -0.05) is 42.5 Å². The van der Waals surface area contributed by atoms with Crippen LogP contribution in [0.5, 0.6) is 0 Å². The molecule has 0 saturated heterocycles. The van der Waals surface area contributed by atoms with Gasteiger partial charge in [0.25, 0.3) is 5.69 Å². The van der Waals surface area contributed by atoms with Gasteiger partial charge in [-0.2, -0.15) is 0 Å². The highest BCUT2D eigenvalue weighted by atomic mass is 16.6. The number of non-ortho nitro benzene ring substituents is 1. The van der Waals surface area contributed by atoms with Gasteiger partial charge in [-0.25, -0.2) is 0 Å². The number of nitro benzene ring substituents is 1. The van der Waals surface area contributed by atoms with Crippen LogP contribution in [-0.2, 0) is 18.0 Å². The Hall–Kier alpha value is -2.20. The maximum atomic E-state index is 10.6. The molecule has 0 saturated carbocycles. The molecule has 0 unspecified atom stereocenters. The SMILES string of the molecule is O=[N+]([O-])c1cccc(COCc2ccccc2)c1. The van der Waals surface area contributed by atoms with Gasteiger partial charge in [0.2, 0.25) is 0 Å². The molecule has 0 aliphatic rings. The molecule has 0 atom stereocenters. The summed E-state index contributed by atoms with van der Waals surface area (Å²) in [6, 6.07) is 16.3. The fraction of sp³-hybridized carbons (Fsp3) is 0.143. The molecule has 4 nitrogen and oxygen atoms in total. The molecule has 2 aromatic carbocycles. The normalized spacial score (nSPS) is 10.2. The van der Waals surface area contributed by atoms with E-state index in [0.717, 1.165) is 11.1 Å². The minimum absolute atomic E-state index is 0.0933. The Kier molecular flexibility index (Phi) is 4.04. The molecule has 0 N–H and O–H groups in total. The predicted octanol–water partition coefficient (Wildman–Crippen LogP) is 3.31. The maximum absolute atomic E-state index is 10.6. The van der Waals surface area contributed by atoms with Crippen LogP contribution in [0.4, 0.5) is 5.69 Å². The molecular weight excluding hydrogens is 230 g/mol. The van der Waals surface area contributed by atoms with Crippen LogP contribution >= 0.6 is 0 Å². The Bertz CT molecular complexity index is 526. The smallest absolute Gasteiger partial charge is 0.269 e. The summed E-state index contributed by atoms with van der Waals surface area (Å²) in [5.41, 5.74) is 1.99. The van der Waals surface area contributed by atoms with Crippen molar-refractivity contribution in [2.45, 2.75) is 13.2 Å². The van der Waals surface area contributed by atoms with Crippen molar-refractivity contribution in [3.8, 4) is 0 Å². The Labute approximate surface area is 105 Å². The van der Waals surface area contributed by atoms with E-state index in [1.54, 1.807) is 6.07 Å². The second kappa shape index (κ2) is 5.93. The molecule has 0 heterocycles. The largest absolute Gasteiger partial charge is 0.372 e. The van der Waals surface area contributed by atoms with E-state index < -0.39 is 4.92 Å². The van der Waals surface area contributed by atoms with Crippen molar-refractivity contribution >= 4 is 5.69 Å². The molecule has 0 bridgehead atoms. The predicted molar refractivity (Wildman–Crippen MR) is 68.0 cm³/mol. The fourth-order valence-electron chi connectivity index (χ4n) is 1.62. The Morgan fingerprint density at radius 3 is 2.33 bits per heavy atom. The molecule has 0 aliphatic carbocycles. The number of benzene rings is 2. The number of hydrogen-bond donors (Lipinski definition) is 0. The van der Waals surface area contributed by atoms with Crippen molar-refractivity contribution in [3.63, 3.8) is 0 Å². The Balaban J connectivity index is 1.90. The second-order valence-electron chi connectivity index (χ2n) is 3.91. The second-order valence-corrected chi connectivity index (χ2v) is 3.91. The zero-order valence-electron chi connectivity index (χ0n) is 9.78. The van der Waals surface area contributed by atoms with Crippen LogP contribution in [0.1, 0.15) is 11.1 Å². The van der Waals surface area contributed by atoms with Gasteiger partial charge in [-0.15, -0.1) is 0 Å². The van der Waals surface area contributed by atoms with Gasteiger partial charge in [0.05, 0.1) is 18.1 Å². The van der Waals surface area contributed by atoms with Crippen LogP contribution in [-0.4, -0.2) is 4.92 Å². The Morgan fingerprint density at radius 2 is 1.61 bits per heavy atom. The molecule has 2 aromatic rings. The van der Waals surface area contributed by atoms with Gasteiger partial charge in [-0.05, 0) is 11.1 Å².